The van der Waals surface area contributed by atoms with Crippen LogP contribution in [0.4, 0.5) is 4.79 Å². The molecule has 0 aromatic heterocycles. The highest BCUT2D eigenvalue weighted by Gasteiger charge is 2.20. The number of esters is 1. The molecule has 0 amide bonds. The summed E-state index contributed by atoms with van der Waals surface area (Å²) in [5, 5.41) is 1.08. The molecule has 3 aromatic carbocycles. The smallest absolute Gasteiger partial charge is 0.453 e. The van der Waals surface area contributed by atoms with Gasteiger partial charge in [-0.2, -0.15) is 0 Å². The predicted octanol–water partition coefficient (Wildman–Crippen LogP) is 4.87. The first-order valence-corrected chi connectivity index (χ1v) is 8.01. The Morgan fingerprint density at radius 3 is 2.22 bits per heavy atom. The Labute approximate surface area is 155 Å². The Hall–Kier alpha value is -3.80. The summed E-state index contributed by atoms with van der Waals surface area (Å²) in [4.78, 5) is 23.5. The lowest BCUT2D eigenvalue weighted by atomic mass is 10.1. The quantitative estimate of drug-likeness (QED) is 0.278. The molecule has 6 nitrogen and oxygen atoms in total. The van der Waals surface area contributed by atoms with Gasteiger partial charge in [-0.15, -0.1) is 0 Å². The van der Waals surface area contributed by atoms with E-state index in [-0.39, 0.29) is 17.2 Å². The molecule has 0 spiro atoms. The van der Waals surface area contributed by atoms with E-state index in [0.717, 1.165) is 6.08 Å². The molecule has 27 heavy (non-hydrogen) atoms. The van der Waals surface area contributed by atoms with Crippen molar-refractivity contribution in [1.82, 2.24) is 0 Å². The van der Waals surface area contributed by atoms with Crippen LogP contribution in [0.1, 0.15) is 0 Å². The van der Waals surface area contributed by atoms with Gasteiger partial charge in [0.1, 0.15) is 11.5 Å². The third kappa shape index (κ3) is 4.07. The summed E-state index contributed by atoms with van der Waals surface area (Å²) in [7, 11) is 1.21. The fourth-order valence-corrected chi connectivity index (χ4v) is 2.45. The van der Waals surface area contributed by atoms with Crippen molar-refractivity contribution in [3.05, 3.63) is 73.3 Å². The first-order valence-electron chi connectivity index (χ1n) is 8.01. The minimum atomic E-state index is -0.873. The molecule has 0 bridgehead atoms. The first kappa shape index (κ1) is 18.0. The lowest BCUT2D eigenvalue weighted by Gasteiger charge is -2.16. The number of ether oxygens (including phenoxy) is 4. The summed E-state index contributed by atoms with van der Waals surface area (Å²) >= 11 is 0. The molecule has 0 saturated carbocycles. The van der Waals surface area contributed by atoms with Gasteiger partial charge in [0.2, 0.25) is 0 Å². The van der Waals surface area contributed by atoms with E-state index in [2.05, 4.69) is 11.3 Å². The van der Waals surface area contributed by atoms with Crippen LogP contribution in [0.15, 0.2) is 73.3 Å². The molecule has 3 aromatic rings. The summed E-state index contributed by atoms with van der Waals surface area (Å²) in [6.45, 7) is 3.42. The van der Waals surface area contributed by atoms with Crippen molar-refractivity contribution in [2.75, 3.05) is 7.11 Å². The van der Waals surface area contributed by atoms with Gasteiger partial charge < -0.3 is 18.9 Å². The third-order valence-electron chi connectivity index (χ3n) is 3.62. The molecule has 0 fully saturated rings. The minimum absolute atomic E-state index is 0.191. The number of carbonyl (C=O) groups excluding carboxylic acids is 2. The SMILES string of the molecule is C=CC(=O)Oc1c(Oc2ccccc2)cc(OC(=O)OC)c2ccccc12. The van der Waals surface area contributed by atoms with Gasteiger partial charge in [0.25, 0.3) is 0 Å². The zero-order chi connectivity index (χ0) is 19.2. The Morgan fingerprint density at radius 1 is 0.889 bits per heavy atom. The van der Waals surface area contributed by atoms with Gasteiger partial charge in [-0.05, 0) is 12.1 Å². The number of rotatable bonds is 5. The van der Waals surface area contributed by atoms with Crippen LogP contribution in [0, 0.1) is 0 Å². The van der Waals surface area contributed by atoms with Crippen molar-refractivity contribution in [2.45, 2.75) is 0 Å². The molecule has 0 saturated heterocycles. The van der Waals surface area contributed by atoms with Crippen LogP contribution in [-0.4, -0.2) is 19.2 Å². The van der Waals surface area contributed by atoms with Gasteiger partial charge in [-0.3, -0.25) is 0 Å². The second kappa shape index (κ2) is 8.05. The fourth-order valence-electron chi connectivity index (χ4n) is 2.45. The molecule has 0 aliphatic carbocycles. The Balaban J connectivity index is 2.19. The average molecular weight is 364 g/mol. The maximum absolute atomic E-state index is 11.8. The molecule has 0 aliphatic rings. The molecule has 0 radical (unpaired) electrons. The van der Waals surface area contributed by atoms with Crippen molar-refractivity contribution < 1.29 is 28.5 Å². The topological polar surface area (TPSA) is 71.1 Å². The van der Waals surface area contributed by atoms with Crippen LogP contribution in [0.3, 0.4) is 0 Å². The van der Waals surface area contributed by atoms with Crippen LogP contribution in [-0.2, 0) is 9.53 Å². The normalized spacial score (nSPS) is 10.1. The molecule has 0 aliphatic heterocycles. The maximum Gasteiger partial charge on any atom is 0.513 e. The number of hydrogen-bond donors (Lipinski definition) is 0. The third-order valence-corrected chi connectivity index (χ3v) is 3.62. The molecular weight excluding hydrogens is 348 g/mol. The number of para-hydroxylation sites is 1. The van der Waals surface area contributed by atoms with Gasteiger partial charge in [0, 0.05) is 22.9 Å². The first-order chi connectivity index (χ1) is 13.1. The molecule has 0 heterocycles. The van der Waals surface area contributed by atoms with Crippen LogP contribution in [0.25, 0.3) is 10.8 Å². The average Bonchev–Trinajstić information content (AvgIpc) is 2.71. The summed E-state index contributed by atoms with van der Waals surface area (Å²) in [5.41, 5.74) is 0. The monoisotopic (exact) mass is 364 g/mol. The molecule has 3 rings (SSSR count). The molecular formula is C21H16O6. The number of fused-ring (bicyclic) bond motifs is 1. The van der Waals surface area contributed by atoms with Gasteiger partial charge >= 0.3 is 12.1 Å². The molecule has 0 unspecified atom stereocenters. The Bertz CT molecular complexity index is 994. The van der Waals surface area contributed by atoms with Crippen molar-refractivity contribution in [3.63, 3.8) is 0 Å². The van der Waals surface area contributed by atoms with E-state index in [4.69, 9.17) is 14.2 Å². The van der Waals surface area contributed by atoms with Crippen molar-refractivity contribution in [3.8, 4) is 23.0 Å². The second-order valence-corrected chi connectivity index (χ2v) is 5.34. The summed E-state index contributed by atoms with van der Waals surface area (Å²) in [6, 6.07) is 17.4. The van der Waals surface area contributed by atoms with Crippen LogP contribution >= 0.6 is 0 Å². The van der Waals surface area contributed by atoms with Gasteiger partial charge in [0.15, 0.2) is 11.5 Å². The van der Waals surface area contributed by atoms with E-state index >= 15 is 0 Å². The summed E-state index contributed by atoms with van der Waals surface area (Å²) < 4.78 is 21.1. The molecule has 6 heteroatoms. The Morgan fingerprint density at radius 2 is 1.56 bits per heavy atom. The van der Waals surface area contributed by atoms with E-state index in [9.17, 15) is 9.59 Å². The lowest BCUT2D eigenvalue weighted by molar-refractivity contribution is -0.128. The van der Waals surface area contributed by atoms with Crippen LogP contribution in [0.5, 0.6) is 23.0 Å². The standard InChI is InChI=1S/C21H16O6/c1-3-19(22)27-20-16-12-8-7-11-15(16)17(26-21(23)24-2)13-18(20)25-14-9-5-4-6-10-14/h3-13H,1H2,2H3. The van der Waals surface area contributed by atoms with Crippen molar-refractivity contribution >= 4 is 22.9 Å². The molecule has 136 valence electrons. The van der Waals surface area contributed by atoms with Gasteiger partial charge in [-0.1, -0.05) is 49.0 Å². The maximum atomic E-state index is 11.8. The summed E-state index contributed by atoms with van der Waals surface area (Å²) in [6.07, 6.45) is 0.182. The zero-order valence-corrected chi connectivity index (χ0v) is 14.5. The van der Waals surface area contributed by atoms with Gasteiger partial charge in [-0.25, -0.2) is 9.59 Å². The molecule has 0 N–H and O–H groups in total. The van der Waals surface area contributed by atoms with Crippen molar-refractivity contribution in [2.24, 2.45) is 0 Å². The zero-order valence-electron chi connectivity index (χ0n) is 14.5. The van der Waals surface area contributed by atoms with E-state index in [0.29, 0.717) is 16.5 Å². The lowest BCUT2D eigenvalue weighted by Crippen LogP contribution is -2.09. The van der Waals surface area contributed by atoms with E-state index in [1.54, 1.807) is 48.5 Å². The van der Waals surface area contributed by atoms with Gasteiger partial charge in [0.05, 0.1) is 7.11 Å². The summed E-state index contributed by atoms with van der Waals surface area (Å²) in [5.74, 6) is 0.486. The minimum Gasteiger partial charge on any atom is -0.453 e. The number of carbonyl (C=O) groups is 2. The number of methoxy groups -OCH3 is 1. The number of benzene rings is 3. The van der Waals surface area contributed by atoms with E-state index in [1.165, 1.54) is 13.2 Å². The highest BCUT2D eigenvalue weighted by Crippen LogP contribution is 2.43. The predicted molar refractivity (Wildman–Crippen MR) is 99.3 cm³/mol. The molecule has 0 atom stereocenters. The van der Waals surface area contributed by atoms with Crippen molar-refractivity contribution in [1.29, 1.82) is 0 Å². The number of hydrogen-bond acceptors (Lipinski definition) is 6. The highest BCUT2D eigenvalue weighted by atomic mass is 16.7. The van der Waals surface area contributed by atoms with Crippen LogP contribution < -0.4 is 14.2 Å². The second-order valence-electron chi connectivity index (χ2n) is 5.34. The van der Waals surface area contributed by atoms with E-state index in [1.807, 2.05) is 6.07 Å². The van der Waals surface area contributed by atoms with Crippen LogP contribution in [0.2, 0.25) is 0 Å². The highest BCUT2D eigenvalue weighted by molar-refractivity contribution is 5.99. The van der Waals surface area contributed by atoms with E-state index < -0.39 is 12.1 Å². The fraction of sp³-hybridized carbons (Fsp3) is 0.0476. The largest absolute Gasteiger partial charge is 0.513 e. The Kier molecular flexibility index (Phi) is 5.37.